The second kappa shape index (κ2) is 9.89. The van der Waals surface area contributed by atoms with Gasteiger partial charge < -0.3 is 15.7 Å². The van der Waals surface area contributed by atoms with E-state index in [2.05, 4.69) is 27.8 Å². The van der Waals surface area contributed by atoms with Crippen LogP contribution in [0.2, 0.25) is 0 Å². The molecule has 1 heterocycles. The van der Waals surface area contributed by atoms with E-state index in [9.17, 15) is 5.11 Å². The maximum absolute atomic E-state index is 10.5. The van der Waals surface area contributed by atoms with Crippen molar-refractivity contribution in [2.24, 2.45) is 4.99 Å². The van der Waals surface area contributed by atoms with Gasteiger partial charge in [0.25, 0.3) is 0 Å². The monoisotopic (exact) mass is 445 g/mol. The molecule has 0 amide bonds. The van der Waals surface area contributed by atoms with Gasteiger partial charge in [0.15, 0.2) is 5.96 Å². The molecule has 1 atom stereocenters. The van der Waals surface area contributed by atoms with E-state index in [1.165, 1.54) is 0 Å². The molecule has 0 spiro atoms. The highest BCUT2D eigenvalue weighted by Gasteiger charge is 2.24. The van der Waals surface area contributed by atoms with E-state index in [-0.39, 0.29) is 24.0 Å². The summed E-state index contributed by atoms with van der Waals surface area (Å²) >= 11 is 1.55. The first-order valence-electron chi connectivity index (χ1n) is 7.44. The lowest BCUT2D eigenvalue weighted by atomic mass is 10.1. The van der Waals surface area contributed by atoms with E-state index in [1.807, 2.05) is 49.6 Å². The molecule has 0 radical (unpaired) electrons. The fourth-order valence-electron chi connectivity index (χ4n) is 2.02. The molecule has 23 heavy (non-hydrogen) atoms. The summed E-state index contributed by atoms with van der Waals surface area (Å²) in [7, 11) is 0. The Labute approximate surface area is 159 Å². The maximum Gasteiger partial charge on any atom is 0.191 e. The SMILES string of the molecule is CCNC(=NCc1ccccc1)NCC(C)(O)c1cccs1.I. The zero-order valence-corrected chi connectivity index (χ0v) is 16.6. The van der Waals surface area contributed by atoms with Crippen molar-refractivity contribution in [3.05, 3.63) is 58.3 Å². The zero-order valence-electron chi connectivity index (χ0n) is 13.5. The van der Waals surface area contributed by atoms with Crippen molar-refractivity contribution in [2.75, 3.05) is 13.1 Å². The van der Waals surface area contributed by atoms with Crippen LogP contribution >= 0.6 is 35.3 Å². The molecular formula is C17H24IN3OS. The number of benzene rings is 1. The first-order chi connectivity index (χ1) is 10.6. The molecule has 2 aromatic rings. The zero-order chi connectivity index (χ0) is 15.8. The topological polar surface area (TPSA) is 56.7 Å². The Morgan fingerprint density at radius 1 is 1.17 bits per heavy atom. The summed E-state index contributed by atoms with van der Waals surface area (Å²) < 4.78 is 0. The number of aliphatic hydroxyl groups is 1. The summed E-state index contributed by atoms with van der Waals surface area (Å²) in [5, 5.41) is 18.9. The molecule has 0 fully saturated rings. The summed E-state index contributed by atoms with van der Waals surface area (Å²) in [6.07, 6.45) is 0. The van der Waals surface area contributed by atoms with Crippen molar-refractivity contribution in [1.82, 2.24) is 10.6 Å². The highest BCUT2D eigenvalue weighted by molar-refractivity contribution is 14.0. The van der Waals surface area contributed by atoms with Crippen LogP contribution in [0.3, 0.4) is 0 Å². The average molecular weight is 445 g/mol. The number of guanidine groups is 1. The Balaban J connectivity index is 0.00000264. The maximum atomic E-state index is 10.5. The lowest BCUT2D eigenvalue weighted by molar-refractivity contribution is 0.0655. The molecule has 0 saturated heterocycles. The third-order valence-corrected chi connectivity index (χ3v) is 4.38. The lowest BCUT2D eigenvalue weighted by Gasteiger charge is -2.23. The second-order valence-corrected chi connectivity index (χ2v) is 6.23. The van der Waals surface area contributed by atoms with E-state index in [0.29, 0.717) is 19.0 Å². The van der Waals surface area contributed by atoms with Gasteiger partial charge in [0.2, 0.25) is 0 Å². The van der Waals surface area contributed by atoms with E-state index in [1.54, 1.807) is 11.3 Å². The Kier molecular flexibility index (Phi) is 8.57. The van der Waals surface area contributed by atoms with Crippen molar-refractivity contribution in [2.45, 2.75) is 26.0 Å². The molecule has 2 rings (SSSR count). The highest BCUT2D eigenvalue weighted by atomic mass is 127. The number of hydrogen-bond donors (Lipinski definition) is 3. The standard InChI is InChI=1S/C17H23N3OS.HI/c1-3-18-16(19-12-14-8-5-4-6-9-14)20-13-17(2,21)15-10-7-11-22-15;/h4-11,21H,3,12-13H2,1-2H3,(H2,18,19,20);1H. The van der Waals surface area contributed by atoms with Crippen molar-refractivity contribution < 1.29 is 5.11 Å². The van der Waals surface area contributed by atoms with Crippen LogP contribution in [-0.4, -0.2) is 24.2 Å². The Bertz CT molecular complexity index is 585. The molecule has 0 saturated carbocycles. The number of rotatable bonds is 6. The van der Waals surface area contributed by atoms with Gasteiger partial charge in [0.1, 0.15) is 5.60 Å². The molecule has 0 aliphatic heterocycles. The minimum Gasteiger partial charge on any atom is -0.383 e. The molecule has 126 valence electrons. The van der Waals surface area contributed by atoms with Gasteiger partial charge in [-0.3, -0.25) is 0 Å². The largest absolute Gasteiger partial charge is 0.383 e. The lowest BCUT2D eigenvalue weighted by Crippen LogP contribution is -2.44. The Morgan fingerprint density at radius 3 is 2.52 bits per heavy atom. The molecule has 1 aromatic heterocycles. The van der Waals surface area contributed by atoms with Gasteiger partial charge in [0, 0.05) is 11.4 Å². The van der Waals surface area contributed by atoms with Crippen molar-refractivity contribution in [3.8, 4) is 0 Å². The van der Waals surface area contributed by atoms with E-state index in [4.69, 9.17) is 0 Å². The molecular weight excluding hydrogens is 421 g/mol. The third-order valence-electron chi connectivity index (χ3n) is 3.26. The van der Waals surface area contributed by atoms with Gasteiger partial charge >= 0.3 is 0 Å². The van der Waals surface area contributed by atoms with Gasteiger partial charge in [-0.1, -0.05) is 36.4 Å². The smallest absolute Gasteiger partial charge is 0.191 e. The van der Waals surface area contributed by atoms with Gasteiger partial charge in [-0.2, -0.15) is 0 Å². The highest BCUT2D eigenvalue weighted by Crippen LogP contribution is 2.24. The number of hydrogen-bond acceptors (Lipinski definition) is 3. The van der Waals surface area contributed by atoms with Crippen LogP contribution in [0.15, 0.2) is 52.8 Å². The molecule has 4 nitrogen and oxygen atoms in total. The summed E-state index contributed by atoms with van der Waals surface area (Å²) in [6.45, 7) is 5.64. The first kappa shape index (κ1) is 19.9. The molecule has 1 aromatic carbocycles. The number of nitrogens with zero attached hydrogens (tertiary/aromatic N) is 1. The van der Waals surface area contributed by atoms with Gasteiger partial charge in [-0.05, 0) is 30.9 Å². The molecule has 3 N–H and O–H groups in total. The van der Waals surface area contributed by atoms with E-state index >= 15 is 0 Å². The number of halogens is 1. The predicted octanol–water partition coefficient (Wildman–Crippen LogP) is 3.33. The second-order valence-electron chi connectivity index (χ2n) is 5.29. The minimum atomic E-state index is -0.906. The fraction of sp³-hybridized carbons (Fsp3) is 0.353. The third kappa shape index (κ3) is 6.48. The quantitative estimate of drug-likeness (QED) is 0.363. The molecule has 6 heteroatoms. The van der Waals surface area contributed by atoms with Crippen LogP contribution in [0.4, 0.5) is 0 Å². The number of thiophene rings is 1. The Hall–Kier alpha value is -1.12. The molecule has 0 aliphatic rings. The fourth-order valence-corrected chi connectivity index (χ4v) is 2.81. The average Bonchev–Trinajstić information content (AvgIpc) is 3.06. The summed E-state index contributed by atoms with van der Waals surface area (Å²) in [6, 6.07) is 14.0. The molecule has 1 unspecified atom stereocenters. The normalized spacial score (nSPS) is 13.8. The summed E-state index contributed by atoms with van der Waals surface area (Å²) in [4.78, 5) is 5.50. The van der Waals surface area contributed by atoms with E-state index in [0.717, 1.165) is 17.0 Å². The summed E-state index contributed by atoms with van der Waals surface area (Å²) in [5.41, 5.74) is 0.251. The van der Waals surface area contributed by atoms with E-state index < -0.39 is 5.60 Å². The van der Waals surface area contributed by atoms with Crippen molar-refractivity contribution >= 4 is 41.3 Å². The number of aliphatic imine (C=N–C) groups is 1. The van der Waals surface area contributed by atoms with Crippen LogP contribution < -0.4 is 10.6 Å². The minimum absolute atomic E-state index is 0. The summed E-state index contributed by atoms with van der Waals surface area (Å²) in [5.74, 6) is 0.711. The van der Waals surface area contributed by atoms with Crippen LogP contribution in [0.5, 0.6) is 0 Å². The van der Waals surface area contributed by atoms with Gasteiger partial charge in [-0.15, -0.1) is 35.3 Å². The van der Waals surface area contributed by atoms with Crippen LogP contribution in [0.1, 0.15) is 24.3 Å². The van der Waals surface area contributed by atoms with Crippen LogP contribution in [-0.2, 0) is 12.1 Å². The first-order valence-corrected chi connectivity index (χ1v) is 8.32. The van der Waals surface area contributed by atoms with Gasteiger partial charge in [0.05, 0.1) is 13.1 Å². The Morgan fingerprint density at radius 2 is 1.91 bits per heavy atom. The van der Waals surface area contributed by atoms with Crippen LogP contribution in [0, 0.1) is 0 Å². The molecule has 0 aliphatic carbocycles. The van der Waals surface area contributed by atoms with Crippen molar-refractivity contribution in [3.63, 3.8) is 0 Å². The van der Waals surface area contributed by atoms with Crippen LogP contribution in [0.25, 0.3) is 0 Å². The van der Waals surface area contributed by atoms with Gasteiger partial charge in [-0.25, -0.2) is 4.99 Å². The molecule has 0 bridgehead atoms. The number of nitrogens with one attached hydrogen (secondary N) is 2. The van der Waals surface area contributed by atoms with Crippen molar-refractivity contribution in [1.29, 1.82) is 0 Å². The predicted molar refractivity (Wildman–Crippen MR) is 109 cm³/mol.